The molecule has 0 aliphatic rings. The number of aryl methyl sites for hydroxylation is 1. The first-order valence-corrected chi connectivity index (χ1v) is 5.43. The van der Waals surface area contributed by atoms with Crippen molar-refractivity contribution in [2.75, 3.05) is 5.73 Å². The third-order valence-corrected chi connectivity index (χ3v) is 2.65. The number of rotatable bonds is 3. The predicted octanol–water partition coefficient (Wildman–Crippen LogP) is 1.51. The van der Waals surface area contributed by atoms with Crippen molar-refractivity contribution in [1.82, 2.24) is 9.78 Å². The Balaban J connectivity index is 2.34. The average Bonchev–Trinajstić information content (AvgIpc) is 2.57. The molecule has 0 amide bonds. The fraction of sp³-hybridized carbons (Fsp3) is 0.250. The molecule has 1 aromatic heterocycles. The van der Waals surface area contributed by atoms with E-state index in [9.17, 15) is 9.18 Å². The van der Waals surface area contributed by atoms with Crippen LogP contribution in [0, 0.1) is 5.82 Å². The Labute approximate surface area is 97.9 Å². The summed E-state index contributed by atoms with van der Waals surface area (Å²) in [5.74, 6) is -0.314. The lowest BCUT2D eigenvalue weighted by Crippen LogP contribution is -2.19. The zero-order valence-corrected chi connectivity index (χ0v) is 9.53. The molecule has 4 nitrogen and oxygen atoms in total. The van der Waals surface area contributed by atoms with Crippen molar-refractivity contribution in [3.05, 3.63) is 51.7 Å². The Hall–Kier alpha value is -2.04. The Kier molecular flexibility index (Phi) is 2.99. The van der Waals surface area contributed by atoms with E-state index in [1.54, 1.807) is 12.1 Å². The van der Waals surface area contributed by atoms with Gasteiger partial charge in [0.1, 0.15) is 11.5 Å². The molecule has 0 atom stereocenters. The van der Waals surface area contributed by atoms with Gasteiger partial charge in [0, 0.05) is 0 Å². The molecule has 0 aliphatic carbocycles. The van der Waals surface area contributed by atoms with E-state index in [0.29, 0.717) is 18.7 Å². The summed E-state index contributed by atoms with van der Waals surface area (Å²) in [6.07, 6.45) is 0.664. The molecule has 0 aliphatic heterocycles. The van der Waals surface area contributed by atoms with Crippen LogP contribution in [0.1, 0.15) is 18.2 Å². The molecule has 2 rings (SSSR count). The summed E-state index contributed by atoms with van der Waals surface area (Å²) in [5, 5.41) is 2.92. The highest BCUT2D eigenvalue weighted by Gasteiger charge is 2.09. The van der Waals surface area contributed by atoms with Gasteiger partial charge in [-0.15, -0.1) is 0 Å². The van der Waals surface area contributed by atoms with Crippen LogP contribution in [0.5, 0.6) is 0 Å². The highest BCUT2D eigenvalue weighted by Crippen LogP contribution is 2.07. The molecule has 1 aromatic carbocycles. The Morgan fingerprint density at radius 1 is 1.47 bits per heavy atom. The first kappa shape index (κ1) is 11.4. The zero-order valence-electron chi connectivity index (χ0n) is 9.53. The molecule has 0 saturated heterocycles. The van der Waals surface area contributed by atoms with Gasteiger partial charge in [-0.2, -0.15) is 0 Å². The maximum absolute atomic E-state index is 13.0. The summed E-state index contributed by atoms with van der Waals surface area (Å²) in [6, 6.07) is 6.14. The second-order valence-electron chi connectivity index (χ2n) is 3.88. The molecule has 0 bridgehead atoms. The molecule has 0 saturated carbocycles. The number of nitrogen functional groups attached to an aromatic ring is 1. The van der Waals surface area contributed by atoms with Crippen molar-refractivity contribution in [2.45, 2.75) is 19.9 Å². The summed E-state index contributed by atoms with van der Waals surface area (Å²) in [5.41, 5.74) is 7.07. The van der Waals surface area contributed by atoms with Crippen molar-refractivity contribution in [3.8, 4) is 0 Å². The smallest absolute Gasteiger partial charge is 0.290 e. The second kappa shape index (κ2) is 4.45. The van der Waals surface area contributed by atoms with Crippen LogP contribution in [-0.4, -0.2) is 9.78 Å². The van der Waals surface area contributed by atoms with Gasteiger partial charge in [0.15, 0.2) is 0 Å². The number of hydrogen-bond donors (Lipinski definition) is 2. The number of hydrogen-bond acceptors (Lipinski definition) is 2. The molecular weight excluding hydrogens is 221 g/mol. The van der Waals surface area contributed by atoms with E-state index in [1.165, 1.54) is 16.8 Å². The van der Waals surface area contributed by atoms with E-state index in [4.69, 9.17) is 5.73 Å². The minimum Gasteiger partial charge on any atom is -0.393 e. The van der Waals surface area contributed by atoms with Crippen molar-refractivity contribution in [3.63, 3.8) is 0 Å². The molecule has 0 spiro atoms. The molecule has 1 heterocycles. The van der Waals surface area contributed by atoms with Crippen LogP contribution in [0.4, 0.5) is 10.1 Å². The molecule has 90 valence electrons. The van der Waals surface area contributed by atoms with E-state index in [0.717, 1.165) is 5.56 Å². The molecule has 0 radical (unpaired) electrons. The molecule has 17 heavy (non-hydrogen) atoms. The van der Waals surface area contributed by atoms with Crippen LogP contribution >= 0.6 is 0 Å². The minimum atomic E-state index is -0.314. The van der Waals surface area contributed by atoms with Crippen LogP contribution in [-0.2, 0) is 13.0 Å². The van der Waals surface area contributed by atoms with E-state index in [-0.39, 0.29) is 17.1 Å². The largest absolute Gasteiger partial charge is 0.393 e. The third-order valence-electron chi connectivity index (χ3n) is 2.65. The van der Waals surface area contributed by atoms with Crippen molar-refractivity contribution in [1.29, 1.82) is 0 Å². The number of nitrogens with zero attached hydrogens (tertiary/aromatic N) is 1. The molecule has 0 fully saturated rings. The molecule has 3 N–H and O–H groups in total. The average molecular weight is 235 g/mol. The summed E-state index contributed by atoms with van der Waals surface area (Å²) >= 11 is 0. The Bertz CT molecular complexity index is 586. The van der Waals surface area contributed by atoms with Gasteiger partial charge in [0.25, 0.3) is 5.56 Å². The third kappa shape index (κ3) is 2.22. The van der Waals surface area contributed by atoms with Crippen molar-refractivity contribution in [2.24, 2.45) is 0 Å². The van der Waals surface area contributed by atoms with E-state index in [2.05, 4.69) is 5.10 Å². The topological polar surface area (TPSA) is 63.8 Å². The quantitative estimate of drug-likeness (QED) is 0.847. The first-order valence-electron chi connectivity index (χ1n) is 5.43. The highest BCUT2D eigenvalue weighted by atomic mass is 19.1. The van der Waals surface area contributed by atoms with Gasteiger partial charge in [-0.3, -0.25) is 9.89 Å². The number of anilines is 1. The number of H-pyrrole nitrogens is 1. The van der Waals surface area contributed by atoms with Gasteiger partial charge in [-0.25, -0.2) is 9.07 Å². The van der Waals surface area contributed by atoms with Crippen LogP contribution < -0.4 is 11.3 Å². The van der Waals surface area contributed by atoms with E-state index in [1.807, 2.05) is 6.92 Å². The molecule has 5 heteroatoms. The van der Waals surface area contributed by atoms with Gasteiger partial charge in [0.2, 0.25) is 0 Å². The monoisotopic (exact) mass is 235 g/mol. The van der Waals surface area contributed by atoms with Gasteiger partial charge < -0.3 is 5.73 Å². The Morgan fingerprint density at radius 3 is 2.82 bits per heavy atom. The number of nitrogens with one attached hydrogen (secondary N) is 1. The summed E-state index contributed by atoms with van der Waals surface area (Å²) in [7, 11) is 0. The van der Waals surface area contributed by atoms with Gasteiger partial charge in [0.05, 0.1) is 12.2 Å². The van der Waals surface area contributed by atoms with E-state index >= 15 is 0 Å². The second-order valence-corrected chi connectivity index (χ2v) is 3.88. The number of aromatic amines is 1. The number of halogens is 1. The van der Waals surface area contributed by atoms with Crippen molar-refractivity contribution >= 4 is 5.69 Å². The fourth-order valence-electron chi connectivity index (χ4n) is 1.75. The number of benzene rings is 1. The minimum absolute atomic E-state index is 0.240. The zero-order chi connectivity index (χ0) is 12.4. The van der Waals surface area contributed by atoms with E-state index < -0.39 is 0 Å². The summed E-state index contributed by atoms with van der Waals surface area (Å²) < 4.78 is 14.4. The lowest BCUT2D eigenvalue weighted by molar-refractivity contribution is 0.614. The Morgan fingerprint density at radius 2 is 2.24 bits per heavy atom. The number of nitrogens with two attached hydrogens (primary N) is 1. The number of aromatic nitrogens is 2. The maximum Gasteiger partial charge on any atom is 0.290 e. The highest BCUT2D eigenvalue weighted by molar-refractivity contribution is 5.40. The summed E-state index contributed by atoms with van der Waals surface area (Å²) in [6.45, 7) is 2.20. The van der Waals surface area contributed by atoms with Gasteiger partial charge in [-0.1, -0.05) is 19.1 Å². The van der Waals surface area contributed by atoms with Crippen molar-refractivity contribution < 1.29 is 4.39 Å². The SMILES string of the molecule is CCc1[nH]n(Cc2cccc(F)c2)c(=O)c1N. The molecule has 2 aromatic rings. The molecular formula is C12H14FN3O. The van der Waals surface area contributed by atoms with Gasteiger partial charge in [-0.05, 0) is 24.1 Å². The van der Waals surface area contributed by atoms with Crippen LogP contribution in [0.25, 0.3) is 0 Å². The lowest BCUT2D eigenvalue weighted by atomic mass is 10.2. The normalized spacial score (nSPS) is 10.7. The molecule has 0 unspecified atom stereocenters. The summed E-state index contributed by atoms with van der Waals surface area (Å²) in [4.78, 5) is 11.8. The van der Waals surface area contributed by atoms with Crippen LogP contribution in [0.15, 0.2) is 29.1 Å². The standard InChI is InChI=1S/C12H14FN3O/c1-2-10-11(14)12(17)16(15-10)7-8-4-3-5-9(13)6-8/h3-6,15H,2,7,14H2,1H3. The lowest BCUT2D eigenvalue weighted by Gasteiger charge is -2.02. The maximum atomic E-state index is 13.0. The van der Waals surface area contributed by atoms with Gasteiger partial charge >= 0.3 is 0 Å². The van der Waals surface area contributed by atoms with Crippen LogP contribution in [0.3, 0.4) is 0 Å². The van der Waals surface area contributed by atoms with Crippen LogP contribution in [0.2, 0.25) is 0 Å². The fourth-order valence-corrected chi connectivity index (χ4v) is 1.75. The first-order chi connectivity index (χ1) is 8.11. The predicted molar refractivity (Wildman–Crippen MR) is 64.3 cm³/mol.